The second-order valence-corrected chi connectivity index (χ2v) is 5.90. The lowest BCUT2D eigenvalue weighted by Crippen LogP contribution is -2.37. The molecule has 0 aliphatic heterocycles. The molecule has 20 heavy (non-hydrogen) atoms. The Kier molecular flexibility index (Phi) is 4.81. The monoisotopic (exact) mass is 276 g/mol. The Bertz CT molecular complexity index is 461. The van der Waals surface area contributed by atoms with Gasteiger partial charge in [-0.1, -0.05) is 43.5 Å². The summed E-state index contributed by atoms with van der Waals surface area (Å²) in [6.07, 6.45) is 5.64. The van der Waals surface area contributed by atoms with Crippen molar-refractivity contribution in [1.29, 1.82) is 0 Å². The highest BCUT2D eigenvalue weighted by Gasteiger charge is 2.41. The van der Waals surface area contributed by atoms with E-state index in [4.69, 9.17) is 4.74 Å². The maximum absolute atomic E-state index is 11.8. The first-order chi connectivity index (χ1) is 9.58. The van der Waals surface area contributed by atoms with Gasteiger partial charge in [0, 0.05) is 7.11 Å². The van der Waals surface area contributed by atoms with Crippen LogP contribution in [0.15, 0.2) is 24.3 Å². The normalized spacial score (nSPS) is 19.5. The lowest BCUT2D eigenvalue weighted by molar-refractivity contribution is -0.145. The number of methoxy groups -OCH3 is 1. The van der Waals surface area contributed by atoms with Gasteiger partial charge in [0.2, 0.25) is 0 Å². The van der Waals surface area contributed by atoms with Gasteiger partial charge in [-0.15, -0.1) is 0 Å². The molecule has 1 N–H and O–H groups in total. The molecule has 1 saturated carbocycles. The van der Waals surface area contributed by atoms with Crippen LogP contribution >= 0.6 is 0 Å². The maximum atomic E-state index is 11.8. The van der Waals surface area contributed by atoms with Crippen molar-refractivity contribution >= 4 is 5.97 Å². The average molecular weight is 276 g/mol. The molecule has 3 heteroatoms. The van der Waals surface area contributed by atoms with E-state index >= 15 is 0 Å². The second kappa shape index (κ2) is 6.40. The van der Waals surface area contributed by atoms with E-state index in [0.717, 1.165) is 49.7 Å². The number of aliphatic carboxylic acids is 1. The summed E-state index contributed by atoms with van der Waals surface area (Å²) in [5.74, 6) is -0.672. The molecule has 1 atom stereocenters. The van der Waals surface area contributed by atoms with E-state index in [1.165, 1.54) is 0 Å². The molecule has 0 saturated heterocycles. The van der Waals surface area contributed by atoms with Gasteiger partial charge in [-0.25, -0.2) is 0 Å². The summed E-state index contributed by atoms with van der Waals surface area (Å²) in [5, 5.41) is 9.74. The molecule has 3 nitrogen and oxygen atoms in total. The van der Waals surface area contributed by atoms with Gasteiger partial charge in [0.1, 0.15) is 0 Å². The summed E-state index contributed by atoms with van der Waals surface area (Å²) in [5.41, 5.74) is 1.44. The molecule has 110 valence electrons. The summed E-state index contributed by atoms with van der Waals surface area (Å²) in [6, 6.07) is 8.07. The molecule has 1 aliphatic rings. The quantitative estimate of drug-likeness (QED) is 0.894. The number of carboxylic acid groups (broad SMARTS) is 1. The van der Waals surface area contributed by atoms with Crippen molar-refractivity contribution in [2.75, 3.05) is 7.11 Å². The van der Waals surface area contributed by atoms with Crippen LogP contribution in [0.2, 0.25) is 0 Å². The Labute approximate surface area is 121 Å². The van der Waals surface area contributed by atoms with E-state index in [2.05, 4.69) is 12.1 Å². The molecule has 1 aromatic rings. The van der Waals surface area contributed by atoms with E-state index in [0.29, 0.717) is 0 Å². The predicted molar refractivity (Wildman–Crippen MR) is 79.0 cm³/mol. The highest BCUT2D eigenvalue weighted by molar-refractivity contribution is 5.81. The zero-order valence-corrected chi connectivity index (χ0v) is 12.4. The zero-order valence-electron chi connectivity index (χ0n) is 12.4. The van der Waals surface area contributed by atoms with Gasteiger partial charge in [-0.05, 0) is 37.3 Å². The van der Waals surface area contributed by atoms with Crippen molar-refractivity contribution in [3.05, 3.63) is 35.4 Å². The number of hydrogen-bond donors (Lipinski definition) is 1. The molecular formula is C17H24O3. The molecular weight excluding hydrogens is 252 g/mol. The molecule has 2 rings (SSSR count). The summed E-state index contributed by atoms with van der Waals surface area (Å²) < 4.78 is 5.30. The highest BCUT2D eigenvalue weighted by atomic mass is 16.5. The summed E-state index contributed by atoms with van der Waals surface area (Å²) >= 11 is 0. The van der Waals surface area contributed by atoms with Crippen LogP contribution in [-0.2, 0) is 21.4 Å². The number of hydrogen-bond acceptors (Lipinski definition) is 2. The van der Waals surface area contributed by atoms with Crippen molar-refractivity contribution in [3.63, 3.8) is 0 Å². The van der Waals surface area contributed by atoms with Crippen LogP contribution in [0, 0.1) is 0 Å². The number of benzene rings is 1. The van der Waals surface area contributed by atoms with Crippen LogP contribution in [0.5, 0.6) is 0 Å². The third-order valence-electron chi connectivity index (χ3n) is 4.52. The maximum Gasteiger partial charge on any atom is 0.314 e. The minimum atomic E-state index is -0.676. The van der Waals surface area contributed by atoms with Crippen LogP contribution in [-0.4, -0.2) is 24.3 Å². The van der Waals surface area contributed by atoms with Gasteiger partial charge in [0.05, 0.1) is 11.5 Å². The number of carbonyl (C=O) groups is 1. The first kappa shape index (κ1) is 15.0. The fourth-order valence-electron chi connectivity index (χ4n) is 3.19. The summed E-state index contributed by atoms with van der Waals surface area (Å²) in [4.78, 5) is 11.8. The minimum absolute atomic E-state index is 0.150. The van der Waals surface area contributed by atoms with Crippen LogP contribution in [0.3, 0.4) is 0 Å². The predicted octanol–water partition coefficient (Wildman–Crippen LogP) is 3.55. The van der Waals surface area contributed by atoms with Crippen LogP contribution in [0.4, 0.5) is 0 Å². The Hall–Kier alpha value is -1.35. The van der Waals surface area contributed by atoms with Gasteiger partial charge >= 0.3 is 5.97 Å². The summed E-state index contributed by atoms with van der Waals surface area (Å²) in [6.45, 7) is 2.03. The van der Waals surface area contributed by atoms with E-state index in [9.17, 15) is 9.90 Å². The van der Waals surface area contributed by atoms with Crippen LogP contribution in [0.25, 0.3) is 0 Å². The van der Waals surface area contributed by atoms with Gasteiger partial charge < -0.3 is 9.84 Å². The minimum Gasteiger partial charge on any atom is -0.481 e. The van der Waals surface area contributed by atoms with E-state index in [1.54, 1.807) is 7.11 Å². The first-order valence-corrected chi connectivity index (χ1v) is 7.44. The second-order valence-electron chi connectivity index (χ2n) is 5.90. The van der Waals surface area contributed by atoms with Crippen molar-refractivity contribution in [2.45, 2.75) is 57.0 Å². The molecule has 0 amide bonds. The number of carboxylic acids is 1. The van der Waals surface area contributed by atoms with Crippen molar-refractivity contribution in [2.24, 2.45) is 0 Å². The first-order valence-electron chi connectivity index (χ1n) is 7.44. The van der Waals surface area contributed by atoms with Gasteiger partial charge in [-0.2, -0.15) is 0 Å². The Morgan fingerprint density at radius 3 is 2.65 bits per heavy atom. The molecule has 0 spiro atoms. The Morgan fingerprint density at radius 1 is 1.35 bits per heavy atom. The zero-order chi connectivity index (χ0) is 14.6. The van der Waals surface area contributed by atoms with Crippen molar-refractivity contribution in [1.82, 2.24) is 0 Å². The highest BCUT2D eigenvalue weighted by Crippen LogP contribution is 2.40. The van der Waals surface area contributed by atoms with Gasteiger partial charge in [0.25, 0.3) is 0 Å². The lowest BCUT2D eigenvalue weighted by atomic mass is 9.69. The third-order valence-corrected chi connectivity index (χ3v) is 4.52. The number of rotatable bonds is 5. The third kappa shape index (κ3) is 3.04. The number of ether oxygens (including phenoxy) is 1. The van der Waals surface area contributed by atoms with Crippen LogP contribution < -0.4 is 0 Å². The molecule has 1 fully saturated rings. The van der Waals surface area contributed by atoms with Gasteiger partial charge in [0.15, 0.2) is 0 Å². The summed E-state index contributed by atoms with van der Waals surface area (Å²) in [7, 11) is 1.70. The molecule has 0 bridgehead atoms. The smallest absolute Gasteiger partial charge is 0.314 e. The van der Waals surface area contributed by atoms with Crippen molar-refractivity contribution in [3.8, 4) is 0 Å². The topological polar surface area (TPSA) is 46.5 Å². The van der Waals surface area contributed by atoms with Crippen molar-refractivity contribution < 1.29 is 14.6 Å². The SMILES string of the molecule is COC(C)Cc1cccc(C2(C(=O)O)CCCCC2)c1. The largest absolute Gasteiger partial charge is 0.481 e. The molecule has 0 aromatic heterocycles. The molecule has 1 aromatic carbocycles. The van der Waals surface area contributed by atoms with Crippen LogP contribution in [0.1, 0.15) is 50.2 Å². The van der Waals surface area contributed by atoms with Gasteiger partial charge in [-0.3, -0.25) is 4.79 Å². The Morgan fingerprint density at radius 2 is 2.05 bits per heavy atom. The molecule has 0 heterocycles. The average Bonchev–Trinajstić information content (AvgIpc) is 2.48. The molecule has 0 radical (unpaired) electrons. The molecule has 1 aliphatic carbocycles. The molecule has 1 unspecified atom stereocenters. The fraction of sp³-hybridized carbons (Fsp3) is 0.588. The van der Waals surface area contributed by atoms with E-state index in [-0.39, 0.29) is 6.10 Å². The van der Waals surface area contributed by atoms with E-state index in [1.807, 2.05) is 19.1 Å². The lowest BCUT2D eigenvalue weighted by Gasteiger charge is -2.34. The van der Waals surface area contributed by atoms with E-state index < -0.39 is 11.4 Å². The standard InChI is InChI=1S/C17H24O3/c1-13(20-2)11-14-7-6-8-15(12-14)17(16(18)19)9-4-3-5-10-17/h6-8,12-13H,3-5,9-11H2,1-2H3,(H,18,19). The fourth-order valence-corrected chi connectivity index (χ4v) is 3.19. The Balaban J connectivity index is 2.29.